The van der Waals surface area contributed by atoms with Crippen molar-refractivity contribution in [3.05, 3.63) is 81.6 Å². The average Bonchev–Trinajstić information content (AvgIpc) is 3.55. The van der Waals surface area contributed by atoms with Crippen molar-refractivity contribution in [3.63, 3.8) is 0 Å². The van der Waals surface area contributed by atoms with Gasteiger partial charge in [0.05, 0.1) is 18.6 Å². The third-order valence-corrected chi connectivity index (χ3v) is 8.68. The van der Waals surface area contributed by atoms with Gasteiger partial charge in [-0.3, -0.25) is 14.5 Å². The van der Waals surface area contributed by atoms with Crippen LogP contribution in [0.4, 0.5) is 10.1 Å². The van der Waals surface area contributed by atoms with Gasteiger partial charge in [-0.2, -0.15) is 0 Å². The molecule has 8 nitrogen and oxygen atoms in total. The number of nitrogens with one attached hydrogen (secondary N) is 1. The average molecular weight is 609 g/mol. The first-order valence-corrected chi connectivity index (χ1v) is 15.1. The molecule has 43 heavy (non-hydrogen) atoms. The normalized spacial score (nSPS) is 21.2. The molecule has 0 spiro atoms. The summed E-state index contributed by atoms with van der Waals surface area (Å²) < 4.78 is 32.2. The minimum Gasteiger partial charge on any atom is -0.490 e. The molecule has 3 aromatic rings. The third-order valence-electron chi connectivity index (χ3n) is 8.46. The van der Waals surface area contributed by atoms with E-state index in [1.54, 1.807) is 0 Å². The Labute approximate surface area is 254 Å². The highest BCUT2D eigenvalue weighted by atomic mass is 35.5. The molecule has 3 aliphatic rings. The summed E-state index contributed by atoms with van der Waals surface area (Å²) in [4.78, 5) is 28.4. The van der Waals surface area contributed by atoms with Crippen LogP contribution in [0.15, 0.2) is 48.5 Å². The molecule has 1 unspecified atom stereocenters. The molecule has 1 saturated heterocycles. The number of hydrogen-bond acceptors (Lipinski definition) is 6. The van der Waals surface area contributed by atoms with Crippen molar-refractivity contribution < 1.29 is 33.3 Å². The summed E-state index contributed by atoms with van der Waals surface area (Å²) >= 11 is 6.32. The zero-order valence-electron chi connectivity index (χ0n) is 24.1. The van der Waals surface area contributed by atoms with E-state index in [1.807, 2.05) is 55.1 Å². The topological polar surface area (TPSA) is 97.3 Å². The smallest absolute Gasteiger partial charge is 0.309 e. The van der Waals surface area contributed by atoms with Crippen LogP contribution in [0.5, 0.6) is 17.2 Å². The number of amides is 1. The van der Waals surface area contributed by atoms with Crippen molar-refractivity contribution in [2.75, 3.05) is 25.2 Å². The van der Waals surface area contributed by atoms with E-state index in [4.69, 9.17) is 25.8 Å². The van der Waals surface area contributed by atoms with Gasteiger partial charge in [-0.1, -0.05) is 37.6 Å². The Kier molecular flexibility index (Phi) is 8.20. The van der Waals surface area contributed by atoms with Gasteiger partial charge < -0.3 is 24.6 Å². The number of nitrogens with zero attached hydrogens (tertiary/aromatic N) is 1. The van der Waals surface area contributed by atoms with E-state index in [1.165, 1.54) is 12.1 Å². The number of halogens is 2. The van der Waals surface area contributed by atoms with Crippen molar-refractivity contribution in [3.8, 4) is 17.2 Å². The van der Waals surface area contributed by atoms with Gasteiger partial charge in [-0.15, -0.1) is 0 Å². The van der Waals surface area contributed by atoms with Crippen molar-refractivity contribution in [1.29, 1.82) is 0 Å². The van der Waals surface area contributed by atoms with E-state index in [2.05, 4.69) is 5.32 Å². The number of carbonyl (C=O) groups excluding carboxylic acids is 1. The van der Waals surface area contributed by atoms with E-state index >= 15 is 4.39 Å². The Balaban J connectivity index is 1.34. The Morgan fingerprint density at radius 1 is 1.05 bits per heavy atom. The van der Waals surface area contributed by atoms with Crippen molar-refractivity contribution in [2.24, 2.45) is 5.92 Å². The lowest BCUT2D eigenvalue weighted by atomic mass is 9.82. The van der Waals surface area contributed by atoms with Crippen molar-refractivity contribution in [1.82, 2.24) is 4.90 Å². The molecule has 3 atom stereocenters. The molecular weight excluding hydrogens is 575 g/mol. The van der Waals surface area contributed by atoms with E-state index < -0.39 is 29.7 Å². The molecule has 1 amide bonds. The van der Waals surface area contributed by atoms with Crippen LogP contribution in [0.2, 0.25) is 5.02 Å². The molecule has 0 bridgehead atoms. The van der Waals surface area contributed by atoms with Gasteiger partial charge in [0.15, 0.2) is 11.5 Å². The zero-order valence-corrected chi connectivity index (χ0v) is 24.8. The van der Waals surface area contributed by atoms with Crippen LogP contribution in [-0.2, 0) is 22.4 Å². The largest absolute Gasteiger partial charge is 0.490 e. The lowest BCUT2D eigenvalue weighted by molar-refractivity contribution is -0.143. The van der Waals surface area contributed by atoms with Gasteiger partial charge in [-0.25, -0.2) is 4.39 Å². The highest BCUT2D eigenvalue weighted by Gasteiger charge is 2.49. The summed E-state index contributed by atoms with van der Waals surface area (Å²) in [5, 5.41) is 14.2. The van der Waals surface area contributed by atoms with Gasteiger partial charge in [0.1, 0.15) is 11.6 Å². The Morgan fingerprint density at radius 2 is 1.70 bits per heavy atom. The molecule has 1 aliphatic carbocycles. The second-order valence-electron chi connectivity index (χ2n) is 11.3. The lowest BCUT2D eigenvalue weighted by Gasteiger charge is -2.27. The second kappa shape index (κ2) is 12.1. The number of carboxylic acid groups (broad SMARTS) is 1. The molecule has 0 aromatic heterocycles. The van der Waals surface area contributed by atoms with Gasteiger partial charge in [0, 0.05) is 35.3 Å². The van der Waals surface area contributed by atoms with E-state index in [0.29, 0.717) is 34.9 Å². The molecule has 2 N–H and O–H groups in total. The third kappa shape index (κ3) is 6.01. The maximum Gasteiger partial charge on any atom is 0.309 e. The Morgan fingerprint density at radius 3 is 2.30 bits per heavy atom. The highest BCUT2D eigenvalue weighted by molar-refractivity contribution is 6.30. The fraction of sp³-hybridized carbons (Fsp3) is 0.394. The van der Waals surface area contributed by atoms with Gasteiger partial charge in [0.2, 0.25) is 12.7 Å². The van der Waals surface area contributed by atoms with Crippen LogP contribution in [0, 0.1) is 11.7 Å². The second-order valence-corrected chi connectivity index (χ2v) is 11.7. The number of hydrogen-bond donors (Lipinski definition) is 2. The summed E-state index contributed by atoms with van der Waals surface area (Å²) in [7, 11) is 0. The number of carboxylic acids is 1. The first-order valence-electron chi connectivity index (χ1n) is 14.7. The molecule has 226 valence electrons. The minimum absolute atomic E-state index is 0.0281. The first-order chi connectivity index (χ1) is 20.7. The maximum absolute atomic E-state index is 15.5. The van der Waals surface area contributed by atoms with E-state index in [0.717, 1.165) is 29.7 Å². The van der Waals surface area contributed by atoms with Crippen LogP contribution >= 0.6 is 11.6 Å². The van der Waals surface area contributed by atoms with Crippen LogP contribution in [-0.4, -0.2) is 47.9 Å². The predicted molar refractivity (Wildman–Crippen MR) is 160 cm³/mol. The fourth-order valence-electron chi connectivity index (χ4n) is 6.25. The van der Waals surface area contributed by atoms with Crippen LogP contribution in [0.1, 0.15) is 60.9 Å². The number of anilines is 1. The highest BCUT2D eigenvalue weighted by Crippen LogP contribution is 2.48. The summed E-state index contributed by atoms with van der Waals surface area (Å²) in [6.45, 7) is 4.02. The Bertz CT molecular complexity index is 1520. The van der Waals surface area contributed by atoms with Gasteiger partial charge in [-0.05, 0) is 78.3 Å². The number of benzene rings is 3. The lowest BCUT2D eigenvalue weighted by Crippen LogP contribution is -2.35. The zero-order chi connectivity index (χ0) is 30.2. The molecule has 10 heteroatoms. The number of carbonyl (C=O) groups is 2. The number of ether oxygens (including phenoxy) is 3. The van der Waals surface area contributed by atoms with Crippen LogP contribution in [0.3, 0.4) is 0 Å². The molecule has 2 fully saturated rings. The molecular formula is C33H34ClFN2O6. The van der Waals surface area contributed by atoms with Gasteiger partial charge in [0.25, 0.3) is 0 Å². The molecule has 3 aromatic carbocycles. The molecule has 2 aliphatic heterocycles. The number of rotatable bonds is 10. The summed E-state index contributed by atoms with van der Waals surface area (Å²) in [5.74, 6) is -2.36. The molecule has 6 rings (SSSR count). The standard InChI is InChI=1S/C33H34ClFN2O6/c1-3-18-11-21(34)12-19(4-2)31(18)36-29(38)16-37-15-25(24-13-27-28(14-26(24)35)42-17-41-27)30(33(39)40)32(37)20-5-7-22(8-6-20)43-23-9-10-23/h5-8,11-14,23,25,30,32H,3-4,9-10,15-17H2,1-2H3,(H,36,38)(H,39,40)/t25-,30?,32+/m1/s1. The maximum atomic E-state index is 15.5. The molecule has 2 heterocycles. The monoisotopic (exact) mass is 608 g/mol. The summed E-state index contributed by atoms with van der Waals surface area (Å²) in [6.07, 6.45) is 3.61. The summed E-state index contributed by atoms with van der Waals surface area (Å²) in [6, 6.07) is 13.1. The van der Waals surface area contributed by atoms with Crippen LogP contribution < -0.4 is 19.5 Å². The van der Waals surface area contributed by atoms with E-state index in [-0.39, 0.29) is 43.2 Å². The van der Waals surface area contributed by atoms with Gasteiger partial charge >= 0.3 is 5.97 Å². The van der Waals surface area contributed by atoms with Crippen molar-refractivity contribution in [2.45, 2.75) is 57.6 Å². The number of fused-ring (bicyclic) bond motifs is 1. The minimum atomic E-state index is -1.08. The predicted octanol–water partition coefficient (Wildman–Crippen LogP) is 6.35. The Hall–Kier alpha value is -3.82. The van der Waals surface area contributed by atoms with E-state index in [9.17, 15) is 14.7 Å². The molecule has 1 saturated carbocycles. The number of aryl methyl sites for hydroxylation is 2. The first kappa shape index (κ1) is 29.3. The fourth-order valence-corrected chi connectivity index (χ4v) is 6.52. The number of likely N-dealkylation sites (tertiary alicyclic amines) is 1. The van der Waals surface area contributed by atoms with Crippen LogP contribution in [0.25, 0.3) is 0 Å². The van der Waals surface area contributed by atoms with Crippen molar-refractivity contribution >= 4 is 29.2 Å². The number of aliphatic carboxylic acids is 1. The summed E-state index contributed by atoms with van der Waals surface area (Å²) in [5.41, 5.74) is 3.50. The SMILES string of the molecule is CCc1cc(Cl)cc(CC)c1NC(=O)CN1C[C@H](c2cc3c(cc2F)OCO3)C(C(=O)O)[C@@H]1c1ccc(OC2CC2)cc1. The molecule has 0 radical (unpaired) electrons. The quantitative estimate of drug-likeness (QED) is 0.277.